The molecule has 0 saturated heterocycles. The normalized spacial score (nSPS) is 8.00. The molecule has 4 radical (unpaired) electrons. The lowest BCUT2D eigenvalue weighted by Gasteiger charge is -2.05. The van der Waals surface area contributed by atoms with Gasteiger partial charge in [-0.15, -0.1) is 0 Å². The first-order valence-electron chi connectivity index (χ1n) is 1.93. The average Bonchev–Trinajstić information content (AvgIpc) is 1.72. The monoisotopic (exact) mass is 182 g/mol. The summed E-state index contributed by atoms with van der Waals surface area (Å²) in [5.41, 5.74) is 0. The zero-order valence-corrected chi connectivity index (χ0v) is 7.46. The molecule has 0 N–H and O–H groups in total. The van der Waals surface area contributed by atoms with Gasteiger partial charge in [-0.1, -0.05) is 0 Å². The molecule has 0 aromatic heterocycles. The van der Waals surface area contributed by atoms with Gasteiger partial charge in [-0.05, 0) is 11.0 Å². The molecular weight excluding hydrogens is 168 g/mol. The molecule has 0 bridgehead atoms. The van der Waals surface area contributed by atoms with Gasteiger partial charge in [0.25, 0.3) is 0 Å². The summed E-state index contributed by atoms with van der Waals surface area (Å²) in [5.74, 6) is 0. The van der Waals surface area contributed by atoms with Crippen molar-refractivity contribution in [2.45, 2.75) is 0 Å². The maximum absolute atomic E-state index is 4.74. The first-order valence-corrected chi connectivity index (χ1v) is 3.35. The van der Waals surface area contributed by atoms with Crippen molar-refractivity contribution in [3.05, 3.63) is 0 Å². The van der Waals surface area contributed by atoms with Crippen LogP contribution in [0.2, 0.25) is 0 Å². The molecule has 56 valence electrons. The first kappa shape index (κ1) is 16.3. The van der Waals surface area contributed by atoms with E-state index in [1.54, 1.807) is 21.3 Å². The van der Waals surface area contributed by atoms with Crippen molar-refractivity contribution in [1.82, 2.24) is 0 Å². The largest absolute Gasteiger partial charge is 0.483 e. The molecule has 0 aliphatic rings. The molecule has 0 amide bonds. The number of rotatable bonds is 3. The van der Waals surface area contributed by atoms with E-state index in [0.717, 1.165) is 0 Å². The Morgan fingerprint density at radius 2 is 1.11 bits per heavy atom. The van der Waals surface area contributed by atoms with Crippen LogP contribution in [0.4, 0.5) is 0 Å². The van der Waals surface area contributed by atoms with Crippen molar-refractivity contribution in [3.63, 3.8) is 0 Å². The predicted octanol–water partition coefficient (Wildman–Crippen LogP) is -2.19. The summed E-state index contributed by atoms with van der Waals surface area (Å²) in [6.45, 7) is 0. The lowest BCUT2D eigenvalue weighted by molar-refractivity contribution is 0.163. The van der Waals surface area contributed by atoms with Crippen LogP contribution >= 0.6 is 0 Å². The lowest BCUT2D eigenvalue weighted by Crippen LogP contribution is -2.21. The predicted molar refractivity (Wildman–Crippen MR) is 45.3 cm³/mol. The van der Waals surface area contributed by atoms with Crippen LogP contribution in [0.15, 0.2) is 0 Å². The SMILES string of the molecule is CO[SiH](OC)OC.[SiH4].[Si]. The molecule has 0 unspecified atom stereocenters. The smallest absolute Gasteiger partial charge is 0.379 e. The van der Waals surface area contributed by atoms with Gasteiger partial charge in [0.2, 0.25) is 0 Å². The van der Waals surface area contributed by atoms with Crippen LogP contribution in [0.1, 0.15) is 0 Å². The molecule has 0 aliphatic heterocycles. The Bertz CT molecular complexity index is 35.8. The molecule has 0 aromatic carbocycles. The van der Waals surface area contributed by atoms with E-state index in [9.17, 15) is 0 Å². The van der Waals surface area contributed by atoms with Gasteiger partial charge < -0.3 is 13.3 Å². The zero-order valence-electron chi connectivity index (χ0n) is 5.30. The molecule has 9 heavy (non-hydrogen) atoms. The van der Waals surface area contributed by atoms with Gasteiger partial charge in [0.1, 0.15) is 0 Å². The fraction of sp³-hybridized carbons (Fsp3) is 1.00. The minimum atomic E-state index is -1.67. The standard InChI is InChI=1S/C3H10O3Si.H4Si.Si/c1-4-7(5-2)6-3;;/h7H,1-3H3;1H4;. The quantitative estimate of drug-likeness (QED) is 0.464. The number of hydrogen-bond donors (Lipinski definition) is 0. The lowest BCUT2D eigenvalue weighted by atomic mass is 11.8. The summed E-state index contributed by atoms with van der Waals surface area (Å²) in [7, 11) is 3.05. The highest BCUT2D eigenvalue weighted by Gasteiger charge is 2.04. The minimum absolute atomic E-state index is 0. The van der Waals surface area contributed by atoms with Gasteiger partial charge in [-0.3, -0.25) is 0 Å². The Kier molecular flexibility index (Phi) is 20.5. The van der Waals surface area contributed by atoms with Crippen molar-refractivity contribution in [3.8, 4) is 0 Å². The van der Waals surface area contributed by atoms with Crippen LogP contribution in [0.5, 0.6) is 0 Å². The highest BCUT2D eigenvalue weighted by Crippen LogP contribution is 1.81. The van der Waals surface area contributed by atoms with Crippen LogP contribution < -0.4 is 0 Å². The topological polar surface area (TPSA) is 27.7 Å². The first-order chi connectivity index (χ1) is 3.35. The van der Waals surface area contributed by atoms with E-state index in [4.69, 9.17) is 13.3 Å². The van der Waals surface area contributed by atoms with Crippen molar-refractivity contribution in [2.24, 2.45) is 0 Å². The van der Waals surface area contributed by atoms with Crippen molar-refractivity contribution in [2.75, 3.05) is 21.3 Å². The molecule has 0 fully saturated rings. The molecule has 0 spiro atoms. The van der Waals surface area contributed by atoms with E-state index in [-0.39, 0.29) is 21.9 Å². The molecular formula is C3H14O3Si3. The molecule has 0 heterocycles. The van der Waals surface area contributed by atoms with E-state index in [0.29, 0.717) is 0 Å². The fourth-order valence-electron chi connectivity index (χ4n) is 0.289. The van der Waals surface area contributed by atoms with Gasteiger partial charge in [-0.25, -0.2) is 0 Å². The molecule has 6 heteroatoms. The Labute approximate surface area is 66.7 Å². The molecule has 3 nitrogen and oxygen atoms in total. The Morgan fingerprint density at radius 3 is 1.11 bits per heavy atom. The van der Waals surface area contributed by atoms with Gasteiger partial charge in [0.05, 0.1) is 0 Å². The van der Waals surface area contributed by atoms with E-state index in [1.165, 1.54) is 0 Å². The third-order valence-corrected chi connectivity index (χ3v) is 1.73. The maximum Gasteiger partial charge on any atom is 0.483 e. The Balaban J connectivity index is -0.000000180. The van der Waals surface area contributed by atoms with Gasteiger partial charge in [-0.2, -0.15) is 0 Å². The second-order valence-corrected chi connectivity index (χ2v) is 2.99. The average molecular weight is 182 g/mol. The van der Waals surface area contributed by atoms with E-state index >= 15 is 0 Å². The Morgan fingerprint density at radius 1 is 0.889 bits per heavy atom. The Hall–Kier alpha value is 0.531. The molecule has 0 rings (SSSR count). The van der Waals surface area contributed by atoms with Crippen molar-refractivity contribution in [1.29, 1.82) is 0 Å². The summed E-state index contributed by atoms with van der Waals surface area (Å²) in [6, 6.07) is 0. The van der Waals surface area contributed by atoms with Crippen molar-refractivity contribution < 1.29 is 13.3 Å². The summed E-state index contributed by atoms with van der Waals surface area (Å²) >= 11 is 0. The fourth-order valence-corrected chi connectivity index (χ4v) is 0.866. The summed E-state index contributed by atoms with van der Waals surface area (Å²) in [6.07, 6.45) is 0. The van der Waals surface area contributed by atoms with E-state index in [2.05, 4.69) is 0 Å². The van der Waals surface area contributed by atoms with Crippen LogP contribution in [-0.4, -0.2) is 52.8 Å². The second-order valence-electron chi connectivity index (χ2n) is 0.996. The summed E-state index contributed by atoms with van der Waals surface area (Å²) in [5, 5.41) is 0. The summed E-state index contributed by atoms with van der Waals surface area (Å²) in [4.78, 5) is 0. The minimum Gasteiger partial charge on any atom is -0.379 e. The van der Waals surface area contributed by atoms with Crippen LogP contribution in [0, 0.1) is 0 Å². The van der Waals surface area contributed by atoms with Crippen molar-refractivity contribution >= 4 is 31.5 Å². The zero-order chi connectivity index (χ0) is 5.70. The number of hydrogen-bond acceptors (Lipinski definition) is 3. The third-order valence-electron chi connectivity index (χ3n) is 0.577. The molecule has 0 saturated carbocycles. The molecule has 0 aromatic rings. The molecule has 0 atom stereocenters. The van der Waals surface area contributed by atoms with Gasteiger partial charge in [0.15, 0.2) is 0 Å². The van der Waals surface area contributed by atoms with Crippen LogP contribution in [0.25, 0.3) is 0 Å². The maximum atomic E-state index is 4.74. The van der Waals surface area contributed by atoms with Gasteiger partial charge in [0, 0.05) is 32.3 Å². The molecule has 0 aliphatic carbocycles. The highest BCUT2D eigenvalue weighted by molar-refractivity contribution is 6.36. The highest BCUT2D eigenvalue weighted by atomic mass is 28.3. The summed E-state index contributed by atoms with van der Waals surface area (Å²) < 4.78 is 14.2. The van der Waals surface area contributed by atoms with Gasteiger partial charge >= 0.3 is 9.53 Å². The van der Waals surface area contributed by atoms with E-state index < -0.39 is 9.53 Å². The van der Waals surface area contributed by atoms with E-state index in [1.807, 2.05) is 0 Å². The van der Waals surface area contributed by atoms with Crippen LogP contribution in [0.3, 0.4) is 0 Å². The third kappa shape index (κ3) is 8.53. The van der Waals surface area contributed by atoms with Crippen LogP contribution in [-0.2, 0) is 13.3 Å². The second kappa shape index (κ2) is 11.3.